The molecule has 1 aliphatic rings. The average Bonchev–Trinajstić information content (AvgIpc) is 2.67. The van der Waals surface area contributed by atoms with Crippen LogP contribution in [0.25, 0.3) is 0 Å². The fourth-order valence-electron chi connectivity index (χ4n) is 3.17. The molecular formula is C22H31IN4. The van der Waals surface area contributed by atoms with Gasteiger partial charge in [0.15, 0.2) is 5.96 Å². The quantitative estimate of drug-likeness (QED) is 0.378. The summed E-state index contributed by atoms with van der Waals surface area (Å²) < 4.78 is 0. The number of rotatable bonds is 5. The number of anilines is 1. The molecule has 0 spiro atoms. The zero-order chi connectivity index (χ0) is 18.2. The summed E-state index contributed by atoms with van der Waals surface area (Å²) in [6.45, 7) is 6.14. The van der Waals surface area contributed by atoms with Crippen molar-refractivity contribution in [1.82, 2.24) is 10.2 Å². The number of nitrogens with zero attached hydrogens (tertiary/aromatic N) is 2. The SMILES string of the molecule is Cc1ccc(CN=C(NCC2CCN(C)CC2)Nc2ccccc2)cc1.I. The van der Waals surface area contributed by atoms with Gasteiger partial charge >= 0.3 is 0 Å². The fraction of sp³-hybridized carbons (Fsp3) is 0.409. The number of guanidine groups is 1. The van der Waals surface area contributed by atoms with Crippen LogP contribution in [0.2, 0.25) is 0 Å². The Kier molecular flexibility index (Phi) is 9.07. The summed E-state index contributed by atoms with van der Waals surface area (Å²) in [5.74, 6) is 1.57. The minimum absolute atomic E-state index is 0. The number of para-hydroxylation sites is 1. The van der Waals surface area contributed by atoms with Crippen LogP contribution in [0.15, 0.2) is 59.6 Å². The summed E-state index contributed by atoms with van der Waals surface area (Å²) in [6, 6.07) is 18.8. The third-order valence-electron chi connectivity index (χ3n) is 4.97. The molecule has 2 aromatic rings. The van der Waals surface area contributed by atoms with Crippen molar-refractivity contribution in [2.75, 3.05) is 32.0 Å². The van der Waals surface area contributed by atoms with Crippen molar-refractivity contribution in [2.24, 2.45) is 10.9 Å². The summed E-state index contributed by atoms with van der Waals surface area (Å²) in [5.41, 5.74) is 3.57. The van der Waals surface area contributed by atoms with Crippen LogP contribution in [0.5, 0.6) is 0 Å². The van der Waals surface area contributed by atoms with E-state index < -0.39 is 0 Å². The first-order valence-corrected chi connectivity index (χ1v) is 9.53. The lowest BCUT2D eigenvalue weighted by Gasteiger charge is -2.29. The van der Waals surface area contributed by atoms with E-state index in [-0.39, 0.29) is 24.0 Å². The van der Waals surface area contributed by atoms with E-state index in [2.05, 4.69) is 65.9 Å². The fourth-order valence-corrected chi connectivity index (χ4v) is 3.17. The van der Waals surface area contributed by atoms with Gasteiger partial charge in [0.05, 0.1) is 6.54 Å². The molecule has 5 heteroatoms. The topological polar surface area (TPSA) is 39.7 Å². The summed E-state index contributed by atoms with van der Waals surface area (Å²) in [4.78, 5) is 7.21. The second kappa shape index (κ2) is 11.3. The van der Waals surface area contributed by atoms with E-state index in [0.717, 1.165) is 18.2 Å². The summed E-state index contributed by atoms with van der Waals surface area (Å²) in [7, 11) is 2.20. The van der Waals surface area contributed by atoms with Gasteiger partial charge in [0.2, 0.25) is 0 Å². The zero-order valence-corrected chi connectivity index (χ0v) is 18.6. The highest BCUT2D eigenvalue weighted by Gasteiger charge is 2.16. The largest absolute Gasteiger partial charge is 0.356 e. The molecule has 0 unspecified atom stereocenters. The molecule has 0 aliphatic carbocycles. The van der Waals surface area contributed by atoms with Crippen molar-refractivity contribution in [1.29, 1.82) is 0 Å². The molecule has 0 aromatic heterocycles. The molecule has 1 fully saturated rings. The predicted octanol–water partition coefficient (Wildman–Crippen LogP) is 4.51. The van der Waals surface area contributed by atoms with Crippen LogP contribution >= 0.6 is 24.0 Å². The summed E-state index contributed by atoms with van der Waals surface area (Å²) in [5, 5.41) is 6.99. The van der Waals surface area contributed by atoms with E-state index in [0.29, 0.717) is 12.5 Å². The molecule has 146 valence electrons. The van der Waals surface area contributed by atoms with Crippen LogP contribution in [-0.2, 0) is 6.54 Å². The minimum atomic E-state index is 0. The number of aliphatic imine (C=N–C) groups is 1. The van der Waals surface area contributed by atoms with Crippen LogP contribution in [0.3, 0.4) is 0 Å². The molecule has 1 heterocycles. The van der Waals surface area contributed by atoms with Gasteiger partial charge in [0.1, 0.15) is 0 Å². The molecule has 3 rings (SSSR count). The molecule has 0 saturated carbocycles. The maximum atomic E-state index is 4.80. The maximum Gasteiger partial charge on any atom is 0.196 e. The lowest BCUT2D eigenvalue weighted by molar-refractivity contribution is 0.220. The van der Waals surface area contributed by atoms with Gasteiger partial charge in [0, 0.05) is 12.2 Å². The number of likely N-dealkylation sites (tertiary alicyclic amines) is 1. The molecule has 0 bridgehead atoms. The Morgan fingerprint density at radius 2 is 1.70 bits per heavy atom. The number of aryl methyl sites for hydroxylation is 1. The molecule has 2 N–H and O–H groups in total. The molecular weight excluding hydrogens is 447 g/mol. The Bertz CT molecular complexity index is 692. The van der Waals surface area contributed by atoms with Gasteiger partial charge in [-0.3, -0.25) is 0 Å². The first-order valence-electron chi connectivity index (χ1n) is 9.53. The van der Waals surface area contributed by atoms with Crippen LogP contribution < -0.4 is 10.6 Å². The second-order valence-electron chi connectivity index (χ2n) is 7.27. The summed E-state index contributed by atoms with van der Waals surface area (Å²) >= 11 is 0. The highest BCUT2D eigenvalue weighted by Crippen LogP contribution is 2.15. The average molecular weight is 478 g/mol. The molecule has 0 amide bonds. The second-order valence-corrected chi connectivity index (χ2v) is 7.27. The van der Waals surface area contributed by atoms with Crippen molar-refractivity contribution >= 4 is 35.6 Å². The molecule has 4 nitrogen and oxygen atoms in total. The molecule has 1 aliphatic heterocycles. The number of piperidine rings is 1. The van der Waals surface area contributed by atoms with Crippen molar-refractivity contribution < 1.29 is 0 Å². The van der Waals surface area contributed by atoms with Crippen LogP contribution in [0, 0.1) is 12.8 Å². The van der Waals surface area contributed by atoms with Gasteiger partial charge < -0.3 is 15.5 Å². The standard InChI is InChI=1S/C22H30N4.HI/c1-18-8-10-19(11-9-18)16-23-22(25-21-6-4-3-5-7-21)24-17-20-12-14-26(2)15-13-20;/h3-11,20H,12-17H2,1-2H3,(H2,23,24,25);1H. The maximum absolute atomic E-state index is 4.80. The van der Waals surface area contributed by atoms with Gasteiger partial charge in [-0.2, -0.15) is 0 Å². The molecule has 27 heavy (non-hydrogen) atoms. The lowest BCUT2D eigenvalue weighted by Crippen LogP contribution is -2.39. The number of hydrogen-bond acceptors (Lipinski definition) is 2. The molecule has 1 saturated heterocycles. The highest BCUT2D eigenvalue weighted by molar-refractivity contribution is 14.0. The van der Waals surface area contributed by atoms with Gasteiger partial charge in [0.25, 0.3) is 0 Å². The van der Waals surface area contributed by atoms with Gasteiger partial charge in [-0.05, 0) is 63.5 Å². The van der Waals surface area contributed by atoms with E-state index in [1.807, 2.05) is 18.2 Å². The van der Waals surface area contributed by atoms with Crippen molar-refractivity contribution in [3.05, 3.63) is 65.7 Å². The first kappa shape index (κ1) is 21.7. The first-order chi connectivity index (χ1) is 12.7. The van der Waals surface area contributed by atoms with Crippen molar-refractivity contribution in [2.45, 2.75) is 26.3 Å². The van der Waals surface area contributed by atoms with E-state index in [1.165, 1.54) is 37.1 Å². The van der Waals surface area contributed by atoms with E-state index in [1.54, 1.807) is 0 Å². The number of benzene rings is 2. The normalized spacial score (nSPS) is 15.9. The van der Waals surface area contributed by atoms with Gasteiger partial charge in [-0.1, -0.05) is 48.0 Å². The molecule has 0 atom stereocenters. The van der Waals surface area contributed by atoms with Crippen LogP contribution in [0.4, 0.5) is 5.69 Å². The van der Waals surface area contributed by atoms with Crippen LogP contribution in [0.1, 0.15) is 24.0 Å². The zero-order valence-electron chi connectivity index (χ0n) is 16.3. The Morgan fingerprint density at radius 1 is 1.04 bits per heavy atom. The monoisotopic (exact) mass is 478 g/mol. The Morgan fingerprint density at radius 3 is 2.37 bits per heavy atom. The third-order valence-corrected chi connectivity index (χ3v) is 4.97. The van der Waals surface area contributed by atoms with E-state index in [4.69, 9.17) is 4.99 Å². The van der Waals surface area contributed by atoms with E-state index in [9.17, 15) is 0 Å². The Hall–Kier alpha value is -1.60. The highest BCUT2D eigenvalue weighted by atomic mass is 127. The van der Waals surface area contributed by atoms with Crippen LogP contribution in [-0.4, -0.2) is 37.5 Å². The van der Waals surface area contributed by atoms with Crippen molar-refractivity contribution in [3.63, 3.8) is 0 Å². The Labute approximate surface area is 180 Å². The smallest absolute Gasteiger partial charge is 0.196 e. The number of nitrogens with one attached hydrogen (secondary N) is 2. The van der Waals surface area contributed by atoms with Gasteiger partial charge in [-0.25, -0.2) is 4.99 Å². The van der Waals surface area contributed by atoms with E-state index >= 15 is 0 Å². The minimum Gasteiger partial charge on any atom is -0.356 e. The number of halogens is 1. The summed E-state index contributed by atoms with van der Waals surface area (Å²) in [6.07, 6.45) is 2.50. The number of hydrogen-bond donors (Lipinski definition) is 2. The third kappa shape index (κ3) is 7.50. The lowest BCUT2D eigenvalue weighted by atomic mass is 9.97. The molecule has 0 radical (unpaired) electrons. The molecule has 2 aromatic carbocycles. The van der Waals surface area contributed by atoms with Gasteiger partial charge in [-0.15, -0.1) is 24.0 Å². The van der Waals surface area contributed by atoms with Crippen molar-refractivity contribution in [3.8, 4) is 0 Å². The Balaban J connectivity index is 0.00000261. The predicted molar refractivity (Wildman–Crippen MR) is 126 cm³/mol.